The van der Waals surface area contributed by atoms with E-state index in [2.05, 4.69) is 5.32 Å². The molecule has 2 aromatic carbocycles. The van der Waals surface area contributed by atoms with Crippen LogP contribution in [0.1, 0.15) is 17.4 Å². The zero-order valence-electron chi connectivity index (χ0n) is 14.2. The Morgan fingerprint density at radius 1 is 1.31 bits per heavy atom. The van der Waals surface area contributed by atoms with Crippen molar-refractivity contribution in [1.82, 2.24) is 4.57 Å². The topological polar surface area (TPSA) is 107 Å². The minimum Gasteiger partial charge on any atom is -0.494 e. The monoisotopic (exact) mass is 355 g/mol. The number of carboxylic acid groups (broad SMARTS) is 1. The lowest BCUT2D eigenvalue weighted by atomic mass is 10.1. The van der Waals surface area contributed by atoms with E-state index in [1.807, 2.05) is 25.1 Å². The lowest BCUT2D eigenvalue weighted by Gasteiger charge is -2.10. The van der Waals surface area contributed by atoms with Gasteiger partial charge in [0.1, 0.15) is 17.0 Å². The molecule has 8 nitrogen and oxygen atoms in total. The molecule has 26 heavy (non-hydrogen) atoms. The molecule has 134 valence electrons. The van der Waals surface area contributed by atoms with Gasteiger partial charge in [0, 0.05) is 35.9 Å². The fourth-order valence-corrected chi connectivity index (χ4v) is 2.90. The van der Waals surface area contributed by atoms with Gasteiger partial charge in [-0.05, 0) is 31.2 Å². The number of non-ortho nitro benzene ring substituents is 1. The van der Waals surface area contributed by atoms with E-state index in [-0.39, 0.29) is 16.9 Å². The predicted octanol–water partition coefficient (Wildman–Crippen LogP) is 3.93. The van der Waals surface area contributed by atoms with Crippen molar-refractivity contribution in [3.8, 4) is 5.75 Å². The van der Waals surface area contributed by atoms with Crippen LogP contribution in [0.15, 0.2) is 42.5 Å². The number of carboxylic acids is 1. The van der Waals surface area contributed by atoms with Crippen LogP contribution in [0.2, 0.25) is 0 Å². The highest BCUT2D eigenvalue weighted by molar-refractivity contribution is 6.04. The molecule has 0 bridgehead atoms. The molecule has 0 unspecified atom stereocenters. The Morgan fingerprint density at radius 3 is 2.73 bits per heavy atom. The average Bonchev–Trinajstić information content (AvgIpc) is 2.94. The summed E-state index contributed by atoms with van der Waals surface area (Å²) in [5.74, 6) is -0.461. The molecule has 1 heterocycles. The van der Waals surface area contributed by atoms with Gasteiger partial charge >= 0.3 is 5.97 Å². The predicted molar refractivity (Wildman–Crippen MR) is 97.4 cm³/mol. The third-order valence-corrected chi connectivity index (χ3v) is 4.01. The van der Waals surface area contributed by atoms with Gasteiger partial charge in [0.05, 0.1) is 11.5 Å². The quantitative estimate of drug-likeness (QED) is 0.512. The van der Waals surface area contributed by atoms with E-state index in [1.165, 1.54) is 23.7 Å². The van der Waals surface area contributed by atoms with Crippen molar-refractivity contribution in [3.05, 3.63) is 58.3 Å². The Hall–Kier alpha value is -3.55. The highest BCUT2D eigenvalue weighted by atomic mass is 16.6. The first-order chi connectivity index (χ1) is 12.4. The Balaban J connectivity index is 2.14. The maximum atomic E-state index is 11.4. The summed E-state index contributed by atoms with van der Waals surface area (Å²) in [4.78, 5) is 22.3. The van der Waals surface area contributed by atoms with Crippen molar-refractivity contribution >= 4 is 33.9 Å². The largest absolute Gasteiger partial charge is 0.494 e. The summed E-state index contributed by atoms with van der Waals surface area (Å²) in [6.45, 7) is 2.42. The second-order valence-corrected chi connectivity index (χ2v) is 5.63. The lowest BCUT2D eigenvalue weighted by molar-refractivity contribution is -0.383. The second-order valence-electron chi connectivity index (χ2n) is 5.63. The summed E-state index contributed by atoms with van der Waals surface area (Å²) in [7, 11) is 1.50. The number of fused-ring (bicyclic) bond motifs is 1. The van der Waals surface area contributed by atoms with Gasteiger partial charge in [0.25, 0.3) is 5.69 Å². The number of anilines is 2. The summed E-state index contributed by atoms with van der Waals surface area (Å²) in [5.41, 5.74) is 1.37. The van der Waals surface area contributed by atoms with Gasteiger partial charge in [-0.25, -0.2) is 4.79 Å². The molecule has 1 aromatic heterocycles. The van der Waals surface area contributed by atoms with E-state index in [0.717, 1.165) is 5.69 Å². The number of nitrogens with one attached hydrogen (secondary N) is 1. The van der Waals surface area contributed by atoms with E-state index in [9.17, 15) is 20.0 Å². The van der Waals surface area contributed by atoms with E-state index >= 15 is 0 Å². The number of hydrogen-bond donors (Lipinski definition) is 2. The average molecular weight is 355 g/mol. The molecule has 3 rings (SSSR count). The molecule has 0 spiro atoms. The number of hydrogen-bond acceptors (Lipinski definition) is 5. The molecule has 0 radical (unpaired) electrons. The number of rotatable bonds is 6. The van der Waals surface area contributed by atoms with Gasteiger partial charge in [0.15, 0.2) is 0 Å². The SMILES string of the molecule is CCOc1cccc(Nc2ccc([N+](=O)[O-])c3c2cc(C(=O)O)n3C)c1. The van der Waals surface area contributed by atoms with Crippen molar-refractivity contribution in [1.29, 1.82) is 0 Å². The molecule has 8 heteroatoms. The first-order valence-corrected chi connectivity index (χ1v) is 7.92. The van der Waals surface area contributed by atoms with Gasteiger partial charge in [0.2, 0.25) is 0 Å². The van der Waals surface area contributed by atoms with Gasteiger partial charge in [-0.1, -0.05) is 6.07 Å². The standard InChI is InChI=1S/C18H17N3O5/c1-3-26-12-6-4-5-11(9-12)19-14-7-8-15(21(24)25)17-13(14)10-16(18(22)23)20(17)2/h4-10,19H,3H2,1-2H3,(H,22,23). The van der Waals surface area contributed by atoms with E-state index < -0.39 is 10.9 Å². The molecule has 0 fully saturated rings. The summed E-state index contributed by atoms with van der Waals surface area (Å²) >= 11 is 0. The van der Waals surface area contributed by atoms with Crippen molar-refractivity contribution in [3.63, 3.8) is 0 Å². The number of aromatic carboxylic acids is 1. The maximum absolute atomic E-state index is 11.4. The van der Waals surface area contributed by atoms with Gasteiger partial charge in [-0.15, -0.1) is 0 Å². The Bertz CT molecular complexity index is 1010. The van der Waals surface area contributed by atoms with E-state index in [4.69, 9.17) is 4.74 Å². The molecule has 0 saturated carbocycles. The summed E-state index contributed by atoms with van der Waals surface area (Å²) < 4.78 is 6.78. The van der Waals surface area contributed by atoms with Crippen molar-refractivity contribution in [2.24, 2.45) is 7.05 Å². The molecular formula is C18H17N3O5. The van der Waals surface area contributed by atoms with Crippen molar-refractivity contribution in [2.75, 3.05) is 11.9 Å². The van der Waals surface area contributed by atoms with Crippen LogP contribution in [0.25, 0.3) is 10.9 Å². The van der Waals surface area contributed by atoms with E-state index in [1.54, 1.807) is 12.1 Å². The molecule has 0 amide bonds. The molecule has 3 aromatic rings. The summed E-state index contributed by atoms with van der Waals surface area (Å²) in [6, 6.07) is 11.6. The number of benzene rings is 2. The number of nitro benzene ring substituents is 1. The first kappa shape index (κ1) is 17.3. The van der Waals surface area contributed by atoms with Crippen LogP contribution in [0.4, 0.5) is 17.1 Å². The number of carbonyl (C=O) groups is 1. The second kappa shape index (κ2) is 6.75. The summed E-state index contributed by atoms with van der Waals surface area (Å²) in [5, 5.41) is 24.3. The summed E-state index contributed by atoms with van der Waals surface area (Å²) in [6.07, 6.45) is 0. The Labute approximate surface area is 148 Å². The van der Waals surface area contributed by atoms with Crippen LogP contribution >= 0.6 is 0 Å². The first-order valence-electron chi connectivity index (χ1n) is 7.92. The van der Waals surface area contributed by atoms with Gasteiger partial charge < -0.3 is 19.7 Å². The zero-order chi connectivity index (χ0) is 18.8. The molecule has 0 atom stereocenters. The highest BCUT2D eigenvalue weighted by Crippen LogP contribution is 2.35. The normalized spacial score (nSPS) is 10.7. The van der Waals surface area contributed by atoms with Crippen molar-refractivity contribution in [2.45, 2.75) is 6.92 Å². The highest BCUT2D eigenvalue weighted by Gasteiger charge is 2.22. The molecular weight excluding hydrogens is 338 g/mol. The number of aryl methyl sites for hydroxylation is 1. The number of ether oxygens (including phenoxy) is 1. The number of nitrogens with zero attached hydrogens (tertiary/aromatic N) is 2. The smallest absolute Gasteiger partial charge is 0.352 e. The van der Waals surface area contributed by atoms with Crippen LogP contribution in [0, 0.1) is 10.1 Å². The maximum Gasteiger partial charge on any atom is 0.352 e. The molecule has 0 aliphatic heterocycles. The van der Waals surface area contributed by atoms with Crippen LogP contribution < -0.4 is 10.1 Å². The van der Waals surface area contributed by atoms with Gasteiger partial charge in [-0.3, -0.25) is 10.1 Å². The fourth-order valence-electron chi connectivity index (χ4n) is 2.90. The molecule has 0 saturated heterocycles. The van der Waals surface area contributed by atoms with Gasteiger partial charge in [-0.2, -0.15) is 0 Å². The Kier molecular flexibility index (Phi) is 4.49. The fraction of sp³-hybridized carbons (Fsp3) is 0.167. The Morgan fingerprint density at radius 2 is 2.08 bits per heavy atom. The van der Waals surface area contributed by atoms with Crippen LogP contribution in [-0.4, -0.2) is 27.2 Å². The molecule has 0 aliphatic rings. The minimum atomic E-state index is -1.15. The van der Waals surface area contributed by atoms with E-state index in [0.29, 0.717) is 23.4 Å². The van der Waals surface area contributed by atoms with Crippen LogP contribution in [0.5, 0.6) is 5.75 Å². The zero-order valence-corrected chi connectivity index (χ0v) is 14.2. The molecule has 2 N–H and O–H groups in total. The molecule has 0 aliphatic carbocycles. The lowest BCUT2D eigenvalue weighted by Crippen LogP contribution is -2.04. The minimum absolute atomic E-state index is 0.0274. The van der Waals surface area contributed by atoms with Crippen LogP contribution in [0.3, 0.4) is 0 Å². The number of aromatic nitrogens is 1. The van der Waals surface area contributed by atoms with Crippen LogP contribution in [-0.2, 0) is 7.05 Å². The third kappa shape index (κ3) is 3.04. The van der Waals surface area contributed by atoms with Crippen molar-refractivity contribution < 1.29 is 19.6 Å². The number of nitro groups is 1. The third-order valence-electron chi connectivity index (χ3n) is 4.01.